The molecule has 7 heteroatoms. The monoisotopic (exact) mass is 417 g/mol. The van der Waals surface area contributed by atoms with E-state index in [0.29, 0.717) is 43.0 Å². The van der Waals surface area contributed by atoms with Crippen LogP contribution in [-0.2, 0) is 0 Å². The lowest BCUT2D eigenvalue weighted by atomic mass is 9.95. The summed E-state index contributed by atoms with van der Waals surface area (Å²) in [5.74, 6) is 1.12. The number of amides is 3. The molecule has 0 unspecified atom stereocenters. The maximum Gasteiger partial charge on any atom is 0.321 e. The van der Waals surface area contributed by atoms with E-state index in [1.54, 1.807) is 18.1 Å². The number of nitrogens with zero attached hydrogens (tertiary/aromatic N) is 1. The Morgan fingerprint density at radius 2 is 1.84 bits per heavy atom. The van der Waals surface area contributed by atoms with E-state index in [-0.39, 0.29) is 11.9 Å². The molecule has 5 rings (SSSR count). The Bertz CT molecular complexity index is 1150. The topological polar surface area (TPSA) is 79.9 Å². The third kappa shape index (κ3) is 3.52. The van der Waals surface area contributed by atoms with Gasteiger partial charge in [0.25, 0.3) is 5.91 Å². The van der Waals surface area contributed by atoms with Crippen LogP contribution in [0.15, 0.2) is 60.7 Å². The summed E-state index contributed by atoms with van der Waals surface area (Å²) in [7, 11) is 1.61. The fourth-order valence-electron chi connectivity index (χ4n) is 4.20. The lowest BCUT2D eigenvalue weighted by Gasteiger charge is -2.44. The first-order valence-corrected chi connectivity index (χ1v) is 10.3. The number of urea groups is 1. The minimum Gasteiger partial charge on any atom is -0.497 e. The number of piperidine rings is 1. The van der Waals surface area contributed by atoms with Gasteiger partial charge in [0.05, 0.1) is 12.7 Å². The number of carbonyl (C=O) groups is 2. The van der Waals surface area contributed by atoms with Gasteiger partial charge in [-0.1, -0.05) is 30.3 Å². The Balaban J connectivity index is 1.37. The quantitative estimate of drug-likeness (QED) is 0.661. The minimum absolute atomic E-state index is 0.154. The van der Waals surface area contributed by atoms with Crippen molar-refractivity contribution in [2.75, 3.05) is 25.5 Å². The largest absolute Gasteiger partial charge is 0.497 e. The molecule has 0 bridgehead atoms. The van der Waals surface area contributed by atoms with Gasteiger partial charge in [0.2, 0.25) is 0 Å². The van der Waals surface area contributed by atoms with Gasteiger partial charge in [-0.3, -0.25) is 4.79 Å². The highest BCUT2D eigenvalue weighted by atomic mass is 16.5. The van der Waals surface area contributed by atoms with Crippen LogP contribution in [0.1, 0.15) is 23.2 Å². The molecular weight excluding hydrogens is 394 g/mol. The van der Waals surface area contributed by atoms with Gasteiger partial charge in [-0.05, 0) is 35.7 Å². The van der Waals surface area contributed by atoms with Crippen molar-refractivity contribution in [1.82, 2.24) is 10.2 Å². The second-order valence-electron chi connectivity index (χ2n) is 7.86. The number of methoxy groups -OCH3 is 1. The molecule has 3 aromatic rings. The highest BCUT2D eigenvalue weighted by Crippen LogP contribution is 2.39. The fourth-order valence-corrected chi connectivity index (χ4v) is 4.20. The number of para-hydroxylation sites is 1. The van der Waals surface area contributed by atoms with Gasteiger partial charge in [-0.2, -0.15) is 0 Å². The van der Waals surface area contributed by atoms with Crippen molar-refractivity contribution in [3.05, 3.63) is 66.2 Å². The second kappa shape index (κ2) is 7.50. The predicted octanol–water partition coefficient (Wildman–Crippen LogP) is 3.99. The van der Waals surface area contributed by atoms with Crippen LogP contribution in [0.25, 0.3) is 10.8 Å². The van der Waals surface area contributed by atoms with Crippen molar-refractivity contribution in [2.24, 2.45) is 0 Å². The third-order valence-electron chi connectivity index (χ3n) is 5.95. The Labute approximate surface area is 179 Å². The summed E-state index contributed by atoms with van der Waals surface area (Å²) in [5.41, 5.74) is 0.435. The maximum absolute atomic E-state index is 12.9. The van der Waals surface area contributed by atoms with Crippen LogP contribution >= 0.6 is 0 Å². The number of carbonyl (C=O) groups excluding carboxylic acids is 2. The lowest BCUT2D eigenvalue weighted by molar-refractivity contribution is -0.0192. The molecule has 7 nitrogen and oxygen atoms in total. The summed E-state index contributed by atoms with van der Waals surface area (Å²) in [4.78, 5) is 27.3. The molecule has 0 aliphatic carbocycles. The van der Waals surface area contributed by atoms with Crippen molar-refractivity contribution in [3.8, 4) is 11.5 Å². The summed E-state index contributed by atoms with van der Waals surface area (Å²) in [6.45, 7) is 0.949. The number of benzene rings is 3. The van der Waals surface area contributed by atoms with Crippen LogP contribution in [0.4, 0.5) is 10.5 Å². The van der Waals surface area contributed by atoms with Gasteiger partial charge in [0.1, 0.15) is 11.5 Å². The molecule has 2 heterocycles. The minimum atomic E-state index is -0.828. The van der Waals surface area contributed by atoms with Gasteiger partial charge in [-0.15, -0.1) is 0 Å². The Morgan fingerprint density at radius 3 is 2.58 bits per heavy atom. The normalized spacial score (nSPS) is 16.9. The average molecular weight is 417 g/mol. The first kappa shape index (κ1) is 19.2. The van der Waals surface area contributed by atoms with E-state index in [4.69, 9.17) is 9.47 Å². The molecule has 1 saturated heterocycles. The van der Waals surface area contributed by atoms with E-state index in [9.17, 15) is 9.59 Å². The SMILES string of the molecule is COc1ccc2ccc3c(c2c1)OC1(CCN(C(=O)Nc2ccccc2)CC1)NC3=O. The summed E-state index contributed by atoms with van der Waals surface area (Å²) in [5, 5.41) is 7.77. The smallest absolute Gasteiger partial charge is 0.321 e. The molecule has 2 aliphatic rings. The number of rotatable bonds is 2. The van der Waals surface area contributed by atoms with E-state index >= 15 is 0 Å². The molecule has 3 aromatic carbocycles. The summed E-state index contributed by atoms with van der Waals surface area (Å²) >= 11 is 0. The molecule has 158 valence electrons. The van der Waals surface area contributed by atoms with Gasteiger partial charge < -0.3 is 25.0 Å². The van der Waals surface area contributed by atoms with Gasteiger partial charge in [-0.25, -0.2) is 4.79 Å². The molecule has 0 aromatic heterocycles. The molecule has 3 amide bonds. The highest BCUT2D eigenvalue weighted by Gasteiger charge is 2.43. The average Bonchev–Trinajstić information content (AvgIpc) is 2.79. The van der Waals surface area contributed by atoms with Crippen LogP contribution in [0, 0.1) is 0 Å². The number of ether oxygens (including phenoxy) is 2. The number of anilines is 1. The predicted molar refractivity (Wildman–Crippen MR) is 118 cm³/mol. The van der Waals surface area contributed by atoms with Crippen LogP contribution in [-0.4, -0.2) is 42.8 Å². The van der Waals surface area contributed by atoms with Gasteiger partial charge in [0.15, 0.2) is 5.72 Å². The highest BCUT2D eigenvalue weighted by molar-refractivity contribution is 6.05. The molecule has 1 spiro atoms. The molecule has 0 radical (unpaired) electrons. The molecule has 0 atom stereocenters. The summed E-state index contributed by atoms with van der Waals surface area (Å²) in [6, 6.07) is 18.6. The van der Waals surface area contributed by atoms with E-state index < -0.39 is 5.72 Å². The first-order chi connectivity index (χ1) is 15.1. The maximum atomic E-state index is 12.9. The van der Waals surface area contributed by atoms with E-state index in [2.05, 4.69) is 10.6 Å². The first-order valence-electron chi connectivity index (χ1n) is 10.3. The number of fused-ring (bicyclic) bond motifs is 3. The van der Waals surface area contributed by atoms with Gasteiger partial charge >= 0.3 is 6.03 Å². The van der Waals surface area contributed by atoms with Crippen molar-refractivity contribution in [1.29, 1.82) is 0 Å². The molecular formula is C24H23N3O4. The molecule has 2 N–H and O–H groups in total. The van der Waals surface area contributed by atoms with Crippen LogP contribution in [0.5, 0.6) is 11.5 Å². The number of hydrogen-bond donors (Lipinski definition) is 2. The summed E-state index contributed by atoms with van der Waals surface area (Å²) < 4.78 is 11.8. The molecule has 2 aliphatic heterocycles. The Hall–Kier alpha value is -3.74. The second-order valence-corrected chi connectivity index (χ2v) is 7.86. The zero-order valence-electron chi connectivity index (χ0n) is 17.2. The van der Waals surface area contributed by atoms with Crippen LogP contribution < -0.4 is 20.1 Å². The third-order valence-corrected chi connectivity index (χ3v) is 5.95. The van der Waals surface area contributed by atoms with Crippen molar-refractivity contribution in [2.45, 2.75) is 18.6 Å². The summed E-state index contributed by atoms with van der Waals surface area (Å²) in [6.07, 6.45) is 1.00. The van der Waals surface area contributed by atoms with Crippen molar-refractivity contribution < 1.29 is 19.1 Å². The Kier molecular flexibility index (Phi) is 4.66. The fraction of sp³-hybridized carbons (Fsp3) is 0.250. The van der Waals surface area contributed by atoms with Crippen LogP contribution in [0.3, 0.4) is 0 Å². The standard InChI is InChI=1S/C24H23N3O4/c1-30-18-9-7-16-8-10-19-21(20(16)15-18)31-24(26-22(19)28)11-13-27(14-12-24)23(29)25-17-5-3-2-4-6-17/h2-10,15H,11-14H2,1H3,(H,25,29)(H,26,28). The zero-order valence-corrected chi connectivity index (χ0v) is 17.2. The zero-order chi connectivity index (χ0) is 21.4. The lowest BCUT2D eigenvalue weighted by Crippen LogP contribution is -2.61. The van der Waals surface area contributed by atoms with Gasteiger partial charge in [0, 0.05) is 37.0 Å². The van der Waals surface area contributed by atoms with E-state index in [0.717, 1.165) is 16.5 Å². The molecule has 0 saturated carbocycles. The molecule has 1 fully saturated rings. The van der Waals surface area contributed by atoms with E-state index in [1.165, 1.54) is 0 Å². The number of hydrogen-bond acceptors (Lipinski definition) is 4. The number of likely N-dealkylation sites (tertiary alicyclic amines) is 1. The number of nitrogens with one attached hydrogen (secondary N) is 2. The van der Waals surface area contributed by atoms with Crippen molar-refractivity contribution >= 4 is 28.4 Å². The van der Waals surface area contributed by atoms with E-state index in [1.807, 2.05) is 54.6 Å². The van der Waals surface area contributed by atoms with Crippen molar-refractivity contribution in [3.63, 3.8) is 0 Å². The van der Waals surface area contributed by atoms with Crippen LogP contribution in [0.2, 0.25) is 0 Å². The molecule has 31 heavy (non-hydrogen) atoms. The Morgan fingerprint density at radius 1 is 1.10 bits per heavy atom.